The SMILES string of the molecule is CCNCC(Cc1ccc(Cl)cc1)Cc1ccc(CC)s1. The molecule has 1 aromatic carbocycles. The Balaban J connectivity index is 2.01. The molecule has 0 aliphatic heterocycles. The first-order valence-corrected chi connectivity index (χ1v) is 8.93. The van der Waals surface area contributed by atoms with E-state index < -0.39 is 0 Å². The Hall–Kier alpha value is -0.830. The summed E-state index contributed by atoms with van der Waals surface area (Å²) in [7, 11) is 0. The quantitative estimate of drug-likeness (QED) is 0.723. The van der Waals surface area contributed by atoms with Gasteiger partial charge in [-0.25, -0.2) is 0 Å². The average Bonchev–Trinajstić information content (AvgIpc) is 2.95. The molecule has 1 N–H and O–H groups in total. The summed E-state index contributed by atoms with van der Waals surface area (Å²) in [5.74, 6) is 0.634. The largest absolute Gasteiger partial charge is 0.317 e. The van der Waals surface area contributed by atoms with Gasteiger partial charge in [0, 0.05) is 14.8 Å². The van der Waals surface area contributed by atoms with Crippen molar-refractivity contribution >= 4 is 22.9 Å². The van der Waals surface area contributed by atoms with Gasteiger partial charge in [0.15, 0.2) is 0 Å². The fraction of sp³-hybridized carbons (Fsp3) is 0.444. The van der Waals surface area contributed by atoms with Crippen molar-refractivity contribution in [3.05, 3.63) is 56.7 Å². The first-order valence-electron chi connectivity index (χ1n) is 7.74. The highest BCUT2D eigenvalue weighted by molar-refractivity contribution is 7.11. The standard InChI is InChI=1S/C18H24ClNS/c1-3-17-9-10-18(21-17)12-15(13-20-4-2)11-14-5-7-16(19)8-6-14/h5-10,15,20H,3-4,11-13H2,1-2H3. The van der Waals surface area contributed by atoms with Crippen molar-refractivity contribution in [3.8, 4) is 0 Å². The molecule has 114 valence electrons. The fourth-order valence-electron chi connectivity index (χ4n) is 2.53. The van der Waals surface area contributed by atoms with Crippen LogP contribution in [0.15, 0.2) is 36.4 Å². The Labute approximate surface area is 137 Å². The second-order valence-corrected chi connectivity index (χ2v) is 7.12. The predicted molar refractivity (Wildman–Crippen MR) is 94.6 cm³/mol. The van der Waals surface area contributed by atoms with E-state index in [1.54, 1.807) is 0 Å². The van der Waals surface area contributed by atoms with E-state index in [2.05, 4.69) is 43.4 Å². The van der Waals surface area contributed by atoms with Crippen molar-refractivity contribution in [2.24, 2.45) is 5.92 Å². The second-order valence-electron chi connectivity index (χ2n) is 5.43. The Morgan fingerprint density at radius 1 is 1.00 bits per heavy atom. The van der Waals surface area contributed by atoms with Gasteiger partial charge in [-0.05, 0) is 68.1 Å². The normalized spacial score (nSPS) is 12.5. The molecule has 1 nitrogen and oxygen atoms in total. The molecule has 3 heteroatoms. The lowest BCUT2D eigenvalue weighted by Crippen LogP contribution is -2.25. The highest BCUT2D eigenvalue weighted by Gasteiger charge is 2.12. The molecule has 0 radical (unpaired) electrons. The molecule has 0 spiro atoms. The number of nitrogens with one attached hydrogen (secondary N) is 1. The van der Waals surface area contributed by atoms with Crippen molar-refractivity contribution in [3.63, 3.8) is 0 Å². The highest BCUT2D eigenvalue weighted by Crippen LogP contribution is 2.22. The van der Waals surface area contributed by atoms with Gasteiger partial charge in [-0.1, -0.05) is 37.6 Å². The Bertz CT molecular complexity index is 532. The summed E-state index contributed by atoms with van der Waals surface area (Å²) < 4.78 is 0. The van der Waals surface area contributed by atoms with E-state index in [1.807, 2.05) is 23.5 Å². The summed E-state index contributed by atoms with van der Waals surface area (Å²) in [5.41, 5.74) is 1.37. The van der Waals surface area contributed by atoms with Gasteiger partial charge in [0.05, 0.1) is 0 Å². The van der Waals surface area contributed by atoms with Gasteiger partial charge < -0.3 is 5.32 Å². The smallest absolute Gasteiger partial charge is 0.0406 e. The van der Waals surface area contributed by atoms with E-state index in [1.165, 1.54) is 15.3 Å². The molecule has 0 amide bonds. The van der Waals surface area contributed by atoms with Crippen LogP contribution in [0.5, 0.6) is 0 Å². The van der Waals surface area contributed by atoms with Gasteiger partial charge in [-0.2, -0.15) is 0 Å². The van der Waals surface area contributed by atoms with Gasteiger partial charge in [-0.3, -0.25) is 0 Å². The van der Waals surface area contributed by atoms with Gasteiger partial charge in [0.1, 0.15) is 0 Å². The van der Waals surface area contributed by atoms with Crippen LogP contribution in [-0.4, -0.2) is 13.1 Å². The molecule has 1 atom stereocenters. The number of thiophene rings is 1. The number of rotatable bonds is 8. The van der Waals surface area contributed by atoms with E-state index in [0.717, 1.165) is 37.4 Å². The highest BCUT2D eigenvalue weighted by atomic mass is 35.5. The van der Waals surface area contributed by atoms with Gasteiger partial charge in [0.25, 0.3) is 0 Å². The molecule has 2 rings (SSSR count). The number of benzene rings is 1. The maximum Gasteiger partial charge on any atom is 0.0406 e. The zero-order valence-electron chi connectivity index (χ0n) is 12.9. The maximum absolute atomic E-state index is 5.97. The van der Waals surface area contributed by atoms with Gasteiger partial charge in [0.2, 0.25) is 0 Å². The lowest BCUT2D eigenvalue weighted by Gasteiger charge is -2.17. The number of hydrogen-bond acceptors (Lipinski definition) is 2. The van der Waals surface area contributed by atoms with E-state index in [-0.39, 0.29) is 0 Å². The minimum Gasteiger partial charge on any atom is -0.317 e. The summed E-state index contributed by atoms with van der Waals surface area (Å²) in [6.45, 7) is 6.49. The van der Waals surface area contributed by atoms with E-state index in [9.17, 15) is 0 Å². The summed E-state index contributed by atoms with van der Waals surface area (Å²) in [4.78, 5) is 2.99. The van der Waals surface area contributed by atoms with Crippen molar-refractivity contribution in [1.82, 2.24) is 5.32 Å². The van der Waals surface area contributed by atoms with Crippen LogP contribution >= 0.6 is 22.9 Å². The van der Waals surface area contributed by atoms with Crippen LogP contribution in [0.4, 0.5) is 0 Å². The van der Waals surface area contributed by atoms with Crippen LogP contribution in [0.25, 0.3) is 0 Å². The fourth-order valence-corrected chi connectivity index (χ4v) is 3.72. The van der Waals surface area contributed by atoms with Crippen molar-refractivity contribution in [2.45, 2.75) is 33.1 Å². The van der Waals surface area contributed by atoms with Gasteiger partial charge in [-0.15, -0.1) is 11.3 Å². The Morgan fingerprint density at radius 2 is 1.71 bits per heavy atom. The molecule has 0 bridgehead atoms. The van der Waals surface area contributed by atoms with Crippen LogP contribution in [0.2, 0.25) is 5.02 Å². The molecule has 0 aliphatic rings. The monoisotopic (exact) mass is 321 g/mol. The van der Waals surface area contributed by atoms with E-state index >= 15 is 0 Å². The summed E-state index contributed by atoms with van der Waals surface area (Å²) in [6, 6.07) is 12.8. The first kappa shape index (κ1) is 16.5. The molecule has 1 heterocycles. The number of halogens is 1. The Kier molecular flexibility index (Phi) is 6.75. The molecule has 1 aromatic heterocycles. The minimum absolute atomic E-state index is 0.634. The third-order valence-electron chi connectivity index (χ3n) is 3.68. The zero-order chi connectivity index (χ0) is 15.1. The maximum atomic E-state index is 5.97. The van der Waals surface area contributed by atoms with E-state index in [0.29, 0.717) is 5.92 Å². The van der Waals surface area contributed by atoms with Crippen LogP contribution in [-0.2, 0) is 19.3 Å². The third kappa shape index (κ3) is 5.46. The van der Waals surface area contributed by atoms with Crippen molar-refractivity contribution < 1.29 is 0 Å². The third-order valence-corrected chi connectivity index (χ3v) is 5.18. The summed E-state index contributed by atoms with van der Waals surface area (Å²) >= 11 is 7.93. The van der Waals surface area contributed by atoms with Crippen LogP contribution in [0.1, 0.15) is 29.2 Å². The zero-order valence-corrected chi connectivity index (χ0v) is 14.4. The molecule has 0 aliphatic carbocycles. The van der Waals surface area contributed by atoms with Gasteiger partial charge >= 0.3 is 0 Å². The number of aryl methyl sites for hydroxylation is 1. The molecule has 0 saturated carbocycles. The molecule has 0 fully saturated rings. The lowest BCUT2D eigenvalue weighted by atomic mass is 9.95. The molecule has 21 heavy (non-hydrogen) atoms. The average molecular weight is 322 g/mol. The lowest BCUT2D eigenvalue weighted by molar-refractivity contribution is 0.481. The van der Waals surface area contributed by atoms with Crippen LogP contribution in [0.3, 0.4) is 0 Å². The van der Waals surface area contributed by atoms with Crippen LogP contribution < -0.4 is 5.32 Å². The predicted octanol–water partition coefficient (Wildman–Crippen LogP) is 4.97. The van der Waals surface area contributed by atoms with Crippen molar-refractivity contribution in [2.75, 3.05) is 13.1 Å². The number of hydrogen-bond donors (Lipinski definition) is 1. The molecule has 0 saturated heterocycles. The minimum atomic E-state index is 0.634. The Morgan fingerprint density at radius 3 is 2.33 bits per heavy atom. The van der Waals surface area contributed by atoms with Crippen molar-refractivity contribution in [1.29, 1.82) is 0 Å². The molecule has 1 unspecified atom stereocenters. The first-order chi connectivity index (χ1) is 10.2. The van der Waals surface area contributed by atoms with E-state index in [4.69, 9.17) is 11.6 Å². The molecular weight excluding hydrogens is 298 g/mol. The summed E-state index contributed by atoms with van der Waals surface area (Å²) in [5, 5.41) is 4.31. The second kappa shape index (κ2) is 8.57. The molecule has 2 aromatic rings. The topological polar surface area (TPSA) is 12.0 Å². The molecular formula is C18H24ClNS. The van der Waals surface area contributed by atoms with Crippen LogP contribution in [0, 0.1) is 5.92 Å². The summed E-state index contributed by atoms with van der Waals surface area (Å²) in [6.07, 6.45) is 3.39.